The van der Waals surface area contributed by atoms with E-state index in [2.05, 4.69) is 0 Å². The molecule has 0 saturated heterocycles. The van der Waals surface area contributed by atoms with Crippen molar-refractivity contribution in [3.63, 3.8) is 0 Å². The Kier molecular flexibility index (Phi) is 5.67. The van der Waals surface area contributed by atoms with Crippen LogP contribution in [0, 0.1) is 0 Å². The van der Waals surface area contributed by atoms with E-state index in [0.717, 1.165) is 23.0 Å². The number of carbonyl (C=O) groups excluding carboxylic acids is 1. The second-order valence-corrected chi connectivity index (χ2v) is 6.03. The molecule has 0 aliphatic heterocycles. The zero-order valence-corrected chi connectivity index (χ0v) is 12.8. The highest BCUT2D eigenvalue weighted by Gasteiger charge is 2.14. The molecule has 0 spiro atoms. The third-order valence-electron chi connectivity index (χ3n) is 3.25. The number of hydrogen-bond donors (Lipinski definition) is 0. The van der Waals surface area contributed by atoms with E-state index in [4.69, 9.17) is 11.6 Å². The van der Waals surface area contributed by atoms with Crippen LogP contribution in [0.4, 0.5) is 0 Å². The van der Waals surface area contributed by atoms with E-state index in [1.54, 1.807) is 18.2 Å². The number of rotatable bonds is 6. The van der Waals surface area contributed by atoms with E-state index in [0.29, 0.717) is 11.4 Å². The van der Waals surface area contributed by atoms with Crippen molar-refractivity contribution < 1.29 is 13.6 Å². The highest BCUT2D eigenvalue weighted by atomic mass is 35.5. The molecule has 0 aliphatic rings. The number of hydrogen-bond acceptors (Lipinski definition) is 3. The van der Waals surface area contributed by atoms with Crippen LogP contribution in [-0.2, 0) is 21.6 Å². The van der Waals surface area contributed by atoms with Crippen LogP contribution in [0.1, 0.15) is 29.0 Å². The van der Waals surface area contributed by atoms with Crippen molar-refractivity contribution >= 4 is 29.0 Å². The predicted octanol–water partition coefficient (Wildman–Crippen LogP) is 3.44. The average Bonchev–Trinajstić information content (AvgIpc) is 2.45. The molecular formula is C16H14ClO3S-. The minimum absolute atomic E-state index is 0.00417. The molecule has 1 unspecified atom stereocenters. The van der Waals surface area contributed by atoms with Crippen molar-refractivity contribution in [3.05, 3.63) is 70.2 Å². The van der Waals surface area contributed by atoms with Gasteiger partial charge in [-0.3, -0.25) is 4.21 Å². The van der Waals surface area contributed by atoms with E-state index in [1.165, 1.54) is 0 Å². The summed E-state index contributed by atoms with van der Waals surface area (Å²) in [5.74, 6) is -0.0801. The van der Waals surface area contributed by atoms with Gasteiger partial charge in [0.2, 0.25) is 0 Å². The summed E-state index contributed by atoms with van der Waals surface area (Å²) < 4.78 is 21.4. The lowest BCUT2D eigenvalue weighted by Gasteiger charge is -2.16. The Morgan fingerprint density at radius 2 is 1.86 bits per heavy atom. The van der Waals surface area contributed by atoms with Crippen LogP contribution in [0.25, 0.3) is 0 Å². The summed E-state index contributed by atoms with van der Waals surface area (Å²) in [4.78, 5) is 10.9. The summed E-state index contributed by atoms with van der Waals surface area (Å²) in [6.07, 6.45) is 1.24. The third-order valence-corrected chi connectivity index (χ3v) is 4.05. The molecule has 110 valence electrons. The van der Waals surface area contributed by atoms with Crippen molar-refractivity contribution in [2.75, 3.05) is 0 Å². The summed E-state index contributed by atoms with van der Waals surface area (Å²) in [5.41, 5.74) is 2.66. The molecule has 0 aromatic heterocycles. The molecule has 21 heavy (non-hydrogen) atoms. The SMILES string of the molecule is O=CC[C@H](c1ccc(CS(=O)[O-])cc1)c1cccc(Cl)c1. The van der Waals surface area contributed by atoms with Gasteiger partial charge in [-0.2, -0.15) is 0 Å². The molecule has 0 aliphatic carbocycles. The van der Waals surface area contributed by atoms with Crippen molar-refractivity contribution in [3.8, 4) is 0 Å². The monoisotopic (exact) mass is 321 g/mol. The van der Waals surface area contributed by atoms with E-state index in [9.17, 15) is 13.6 Å². The molecule has 0 fully saturated rings. The molecule has 2 aromatic carbocycles. The van der Waals surface area contributed by atoms with Gasteiger partial charge in [-0.1, -0.05) is 59.1 Å². The fourth-order valence-electron chi connectivity index (χ4n) is 2.27. The topological polar surface area (TPSA) is 57.2 Å². The molecule has 2 atom stereocenters. The van der Waals surface area contributed by atoms with Crippen molar-refractivity contribution in [2.45, 2.75) is 18.1 Å². The first-order valence-corrected chi connectivity index (χ1v) is 8.06. The third kappa shape index (κ3) is 4.49. The van der Waals surface area contributed by atoms with Gasteiger partial charge in [0.05, 0.1) is 0 Å². The van der Waals surface area contributed by atoms with Crippen molar-refractivity contribution in [1.29, 1.82) is 0 Å². The lowest BCUT2D eigenvalue weighted by Crippen LogP contribution is -2.03. The average molecular weight is 322 g/mol. The largest absolute Gasteiger partial charge is 0.772 e. The van der Waals surface area contributed by atoms with Crippen LogP contribution in [0.3, 0.4) is 0 Å². The first-order chi connectivity index (χ1) is 10.1. The second-order valence-electron chi connectivity index (χ2n) is 4.70. The van der Waals surface area contributed by atoms with E-state index in [1.807, 2.05) is 30.3 Å². The van der Waals surface area contributed by atoms with Gasteiger partial charge >= 0.3 is 0 Å². The molecule has 0 heterocycles. The highest BCUT2D eigenvalue weighted by molar-refractivity contribution is 7.78. The fraction of sp³-hybridized carbons (Fsp3) is 0.188. The number of carbonyl (C=O) groups is 1. The van der Waals surface area contributed by atoms with Crippen molar-refractivity contribution in [2.24, 2.45) is 0 Å². The summed E-state index contributed by atoms with van der Waals surface area (Å²) >= 11 is 3.90. The molecule has 0 amide bonds. The molecular weight excluding hydrogens is 308 g/mol. The number of aldehydes is 1. The summed E-state index contributed by atoms with van der Waals surface area (Å²) in [5, 5.41) is 0.627. The second kappa shape index (κ2) is 7.50. The maximum Gasteiger partial charge on any atom is 0.120 e. The van der Waals surface area contributed by atoms with Crippen molar-refractivity contribution in [1.82, 2.24) is 0 Å². The lowest BCUT2D eigenvalue weighted by atomic mass is 9.89. The summed E-state index contributed by atoms with van der Waals surface area (Å²) in [6.45, 7) is 0. The molecule has 0 radical (unpaired) electrons. The molecule has 2 rings (SSSR count). The van der Waals surface area contributed by atoms with Crippen LogP contribution in [0.5, 0.6) is 0 Å². The Morgan fingerprint density at radius 3 is 2.43 bits per heavy atom. The van der Waals surface area contributed by atoms with Gasteiger partial charge < -0.3 is 9.35 Å². The predicted molar refractivity (Wildman–Crippen MR) is 83.0 cm³/mol. The first-order valence-electron chi connectivity index (χ1n) is 6.44. The Morgan fingerprint density at radius 1 is 1.14 bits per heavy atom. The van der Waals surface area contributed by atoms with Gasteiger partial charge in [-0.15, -0.1) is 0 Å². The van der Waals surface area contributed by atoms with Gasteiger partial charge in [0, 0.05) is 23.1 Å². The van der Waals surface area contributed by atoms with E-state index in [-0.39, 0.29) is 11.7 Å². The fourth-order valence-corrected chi connectivity index (χ4v) is 2.93. The summed E-state index contributed by atoms with van der Waals surface area (Å²) in [6, 6.07) is 14.7. The van der Waals surface area contributed by atoms with Gasteiger partial charge in [0.15, 0.2) is 0 Å². The van der Waals surface area contributed by atoms with E-state index < -0.39 is 11.1 Å². The minimum atomic E-state index is -2.10. The molecule has 3 nitrogen and oxygen atoms in total. The molecule has 0 N–H and O–H groups in total. The summed E-state index contributed by atoms with van der Waals surface area (Å²) in [7, 11) is 0. The Hall–Kier alpha value is -1.49. The smallest absolute Gasteiger partial charge is 0.120 e. The zero-order valence-electron chi connectivity index (χ0n) is 11.2. The van der Waals surface area contributed by atoms with Crippen LogP contribution in [0.2, 0.25) is 5.02 Å². The maximum atomic E-state index is 10.9. The van der Waals surface area contributed by atoms with Gasteiger partial charge in [-0.25, -0.2) is 0 Å². The maximum absolute atomic E-state index is 10.9. The molecule has 2 aromatic rings. The first kappa shape index (κ1) is 15.9. The van der Waals surface area contributed by atoms with E-state index >= 15 is 0 Å². The van der Waals surface area contributed by atoms with Gasteiger partial charge in [-0.05, 0) is 28.8 Å². The number of halogens is 1. The number of benzene rings is 2. The Labute approximate surface area is 131 Å². The van der Waals surface area contributed by atoms with Gasteiger partial charge in [0.1, 0.15) is 6.29 Å². The molecule has 0 bridgehead atoms. The lowest BCUT2D eigenvalue weighted by molar-refractivity contribution is -0.108. The van der Waals surface area contributed by atoms with Crippen LogP contribution < -0.4 is 0 Å². The van der Waals surface area contributed by atoms with Crippen LogP contribution in [0.15, 0.2) is 48.5 Å². The van der Waals surface area contributed by atoms with Crippen LogP contribution >= 0.6 is 11.6 Å². The van der Waals surface area contributed by atoms with Gasteiger partial charge in [0.25, 0.3) is 0 Å². The zero-order chi connectivity index (χ0) is 15.2. The normalized spacial score (nSPS) is 13.6. The minimum Gasteiger partial charge on any atom is -0.772 e. The van der Waals surface area contributed by atoms with Crippen LogP contribution in [-0.4, -0.2) is 15.0 Å². The quantitative estimate of drug-likeness (QED) is 0.605. The molecule has 5 heteroatoms. The highest BCUT2D eigenvalue weighted by Crippen LogP contribution is 2.29. The standard InChI is InChI=1S/C16H15ClO3S/c17-15-3-1-2-14(10-15)16(8-9-18)13-6-4-12(5-7-13)11-21(19)20/h1-7,9-10,16H,8,11H2,(H,19,20)/p-1/t16-/m1/s1. The Balaban J connectivity index is 2.30. The Bertz CT molecular complexity index is 640. The molecule has 0 saturated carbocycles.